The number of halogens is 1. The third-order valence-electron chi connectivity index (χ3n) is 5.77. The van der Waals surface area contributed by atoms with Crippen molar-refractivity contribution < 1.29 is 18.7 Å². The van der Waals surface area contributed by atoms with Crippen LogP contribution in [0.25, 0.3) is 0 Å². The molecule has 0 saturated carbocycles. The van der Waals surface area contributed by atoms with Gasteiger partial charge in [0.15, 0.2) is 0 Å². The highest BCUT2D eigenvalue weighted by Gasteiger charge is 2.21. The first-order chi connectivity index (χ1) is 15.9. The second kappa shape index (κ2) is 9.86. The third-order valence-corrected chi connectivity index (χ3v) is 5.77. The molecule has 0 N–H and O–H groups in total. The molecule has 0 spiro atoms. The summed E-state index contributed by atoms with van der Waals surface area (Å²) in [6.45, 7) is 5.24. The first-order valence-electron chi connectivity index (χ1n) is 11.0. The first-order valence-corrected chi connectivity index (χ1v) is 11.0. The number of aryl methyl sites for hydroxylation is 1. The lowest BCUT2D eigenvalue weighted by atomic mass is 10.1. The molecule has 1 aliphatic rings. The van der Waals surface area contributed by atoms with Gasteiger partial charge in [-0.15, -0.1) is 0 Å². The van der Waals surface area contributed by atoms with E-state index < -0.39 is 0 Å². The zero-order chi connectivity index (χ0) is 23.4. The number of anilines is 1. The van der Waals surface area contributed by atoms with E-state index in [0.29, 0.717) is 31.8 Å². The van der Waals surface area contributed by atoms with Crippen molar-refractivity contribution in [2.24, 2.45) is 0 Å². The Kier molecular flexibility index (Phi) is 6.73. The van der Waals surface area contributed by atoms with Crippen LogP contribution >= 0.6 is 0 Å². The first kappa shape index (κ1) is 22.5. The van der Waals surface area contributed by atoms with Crippen molar-refractivity contribution in [1.82, 2.24) is 4.90 Å². The fourth-order valence-corrected chi connectivity index (χ4v) is 3.98. The number of carbonyl (C=O) groups excluding carboxylic acids is 2. The molecule has 2 amide bonds. The lowest BCUT2D eigenvalue weighted by molar-refractivity contribution is -0.131. The van der Waals surface area contributed by atoms with Crippen molar-refractivity contribution in [3.05, 3.63) is 94.8 Å². The monoisotopic (exact) mass is 446 g/mol. The van der Waals surface area contributed by atoms with Gasteiger partial charge >= 0.3 is 0 Å². The van der Waals surface area contributed by atoms with E-state index in [0.717, 1.165) is 28.1 Å². The number of nitrogens with zero attached hydrogens (tertiary/aromatic N) is 2. The van der Waals surface area contributed by atoms with Crippen LogP contribution in [-0.4, -0.2) is 29.9 Å². The highest BCUT2D eigenvalue weighted by atomic mass is 19.1. The molecule has 1 heterocycles. The molecule has 0 bridgehead atoms. The van der Waals surface area contributed by atoms with Crippen LogP contribution in [0.15, 0.2) is 66.7 Å². The fourth-order valence-electron chi connectivity index (χ4n) is 3.98. The van der Waals surface area contributed by atoms with E-state index >= 15 is 0 Å². The molecule has 0 aliphatic carbocycles. The van der Waals surface area contributed by atoms with Gasteiger partial charge in [0.25, 0.3) is 0 Å². The summed E-state index contributed by atoms with van der Waals surface area (Å²) >= 11 is 0. The van der Waals surface area contributed by atoms with Gasteiger partial charge in [-0.3, -0.25) is 9.59 Å². The normalized spacial score (nSPS) is 13.0. The maximum Gasteiger partial charge on any atom is 0.227 e. The van der Waals surface area contributed by atoms with Crippen molar-refractivity contribution in [3.63, 3.8) is 0 Å². The highest BCUT2D eigenvalue weighted by molar-refractivity contribution is 5.91. The largest absolute Gasteiger partial charge is 0.491 e. The summed E-state index contributed by atoms with van der Waals surface area (Å²) in [5.41, 5.74) is 4.46. The van der Waals surface area contributed by atoms with Gasteiger partial charge in [0.2, 0.25) is 11.8 Å². The Morgan fingerprint density at radius 2 is 1.82 bits per heavy atom. The maximum absolute atomic E-state index is 13.5. The van der Waals surface area contributed by atoms with E-state index in [1.54, 1.807) is 28.9 Å². The Labute approximate surface area is 193 Å². The zero-order valence-corrected chi connectivity index (χ0v) is 18.9. The molecule has 0 atom stereocenters. The fraction of sp³-hybridized carbons (Fsp3) is 0.259. The molecule has 170 valence electrons. The molecule has 0 unspecified atom stereocenters. The topological polar surface area (TPSA) is 49.9 Å². The van der Waals surface area contributed by atoms with Gasteiger partial charge < -0.3 is 14.5 Å². The molecule has 0 radical (unpaired) electrons. The number of hydrogen-bond acceptors (Lipinski definition) is 3. The summed E-state index contributed by atoms with van der Waals surface area (Å²) in [4.78, 5) is 28.7. The van der Waals surface area contributed by atoms with Gasteiger partial charge in [0.05, 0.1) is 19.5 Å². The number of hydrogen-bond donors (Lipinski definition) is 0. The van der Waals surface area contributed by atoms with Crippen LogP contribution in [0.5, 0.6) is 5.75 Å². The van der Waals surface area contributed by atoms with Gasteiger partial charge in [0, 0.05) is 24.7 Å². The summed E-state index contributed by atoms with van der Waals surface area (Å²) in [5.74, 6) is 0.270. The molecular formula is C27H27FN2O3. The van der Waals surface area contributed by atoms with Gasteiger partial charge in [-0.05, 0) is 54.4 Å². The Bertz CT molecular complexity index is 1160. The van der Waals surface area contributed by atoms with Crippen molar-refractivity contribution in [2.75, 3.05) is 18.1 Å². The molecule has 33 heavy (non-hydrogen) atoms. The Morgan fingerprint density at radius 1 is 1.03 bits per heavy atom. The number of rotatable bonds is 5. The Morgan fingerprint density at radius 3 is 2.55 bits per heavy atom. The van der Waals surface area contributed by atoms with Gasteiger partial charge in [-0.1, -0.05) is 35.9 Å². The van der Waals surface area contributed by atoms with Crippen molar-refractivity contribution in [2.45, 2.75) is 33.4 Å². The lowest BCUT2D eigenvalue weighted by Gasteiger charge is -2.23. The lowest BCUT2D eigenvalue weighted by Crippen LogP contribution is -2.33. The average molecular weight is 447 g/mol. The van der Waals surface area contributed by atoms with E-state index in [2.05, 4.69) is 0 Å². The van der Waals surface area contributed by atoms with E-state index in [-0.39, 0.29) is 24.1 Å². The quantitative estimate of drug-likeness (QED) is 0.573. The Hall–Kier alpha value is -3.67. The molecule has 0 aromatic heterocycles. The SMILES string of the molecule is CC(=O)N(Cc1ccc2c(c1)CN(C(=O)Cc1cccc(F)c1)CCO2)c1ccc(C)cc1. The maximum atomic E-state index is 13.5. The number of fused-ring (bicyclic) bond motifs is 1. The molecular weight excluding hydrogens is 419 g/mol. The van der Waals surface area contributed by atoms with E-state index in [1.165, 1.54) is 12.1 Å². The number of benzene rings is 3. The summed E-state index contributed by atoms with van der Waals surface area (Å²) in [5, 5.41) is 0. The molecule has 5 nitrogen and oxygen atoms in total. The zero-order valence-electron chi connectivity index (χ0n) is 18.9. The Balaban J connectivity index is 1.52. The van der Waals surface area contributed by atoms with Crippen LogP contribution in [-0.2, 0) is 29.1 Å². The molecule has 1 aliphatic heterocycles. The third kappa shape index (κ3) is 5.58. The summed E-state index contributed by atoms with van der Waals surface area (Å²) in [6, 6.07) is 19.8. The number of carbonyl (C=O) groups is 2. The van der Waals surface area contributed by atoms with E-state index in [9.17, 15) is 14.0 Å². The summed E-state index contributed by atoms with van der Waals surface area (Å²) < 4.78 is 19.4. The molecule has 4 rings (SSSR count). The molecule has 3 aromatic rings. The number of amides is 2. The molecule has 3 aromatic carbocycles. The smallest absolute Gasteiger partial charge is 0.227 e. The molecule has 0 fully saturated rings. The van der Waals surface area contributed by atoms with Crippen molar-refractivity contribution in [3.8, 4) is 5.75 Å². The van der Waals surface area contributed by atoms with Crippen molar-refractivity contribution in [1.29, 1.82) is 0 Å². The second-order valence-electron chi connectivity index (χ2n) is 8.35. The van der Waals surface area contributed by atoms with Crippen LogP contribution in [0.1, 0.15) is 29.2 Å². The van der Waals surface area contributed by atoms with Crippen LogP contribution < -0.4 is 9.64 Å². The van der Waals surface area contributed by atoms with Gasteiger partial charge in [0.1, 0.15) is 18.2 Å². The van der Waals surface area contributed by atoms with Crippen LogP contribution in [0, 0.1) is 12.7 Å². The van der Waals surface area contributed by atoms with Gasteiger partial charge in [-0.2, -0.15) is 0 Å². The standard InChI is InChI=1S/C27H27FN2O3/c1-19-6-9-25(10-7-19)30(20(2)31)17-22-8-11-26-23(14-22)18-29(12-13-33-26)27(32)16-21-4-3-5-24(28)15-21/h3-11,14-15H,12-13,16-18H2,1-2H3. The highest BCUT2D eigenvalue weighted by Crippen LogP contribution is 2.27. The predicted molar refractivity (Wildman–Crippen MR) is 126 cm³/mol. The van der Waals surface area contributed by atoms with E-state index in [4.69, 9.17) is 4.74 Å². The van der Waals surface area contributed by atoms with Crippen molar-refractivity contribution >= 4 is 17.5 Å². The second-order valence-corrected chi connectivity index (χ2v) is 8.35. The average Bonchev–Trinajstić information content (AvgIpc) is 3.00. The minimum absolute atomic E-state index is 0.0445. The predicted octanol–water partition coefficient (Wildman–Crippen LogP) is 4.65. The van der Waals surface area contributed by atoms with Crippen LogP contribution in [0.2, 0.25) is 0 Å². The van der Waals surface area contributed by atoms with Gasteiger partial charge in [-0.25, -0.2) is 4.39 Å². The van der Waals surface area contributed by atoms with E-state index in [1.807, 2.05) is 49.4 Å². The van der Waals surface area contributed by atoms with Crippen LogP contribution in [0.3, 0.4) is 0 Å². The minimum Gasteiger partial charge on any atom is -0.491 e. The minimum atomic E-state index is -0.349. The van der Waals surface area contributed by atoms with Crippen LogP contribution in [0.4, 0.5) is 10.1 Å². The molecule has 6 heteroatoms. The molecule has 0 saturated heterocycles. The summed E-state index contributed by atoms with van der Waals surface area (Å²) in [7, 11) is 0. The number of ether oxygens (including phenoxy) is 1. The summed E-state index contributed by atoms with van der Waals surface area (Å²) in [6.07, 6.45) is 0.137.